The van der Waals surface area contributed by atoms with Crippen LogP contribution in [0.25, 0.3) is 0 Å². The molecule has 0 radical (unpaired) electrons. The van der Waals surface area contributed by atoms with Crippen molar-refractivity contribution in [2.75, 3.05) is 13.2 Å². The van der Waals surface area contributed by atoms with Gasteiger partial charge in [-0.3, -0.25) is 4.79 Å². The number of carboxylic acid groups (broad SMARTS) is 1. The Labute approximate surface area is 103 Å². The number of aromatic carboxylic acids is 1. The highest BCUT2D eigenvalue weighted by Gasteiger charge is 2.30. The number of aromatic nitrogens is 1. The maximum absolute atomic E-state index is 11.9. The van der Waals surface area contributed by atoms with E-state index < -0.39 is 17.4 Å². The third-order valence-electron chi connectivity index (χ3n) is 2.81. The van der Waals surface area contributed by atoms with Crippen molar-refractivity contribution in [1.29, 1.82) is 0 Å². The van der Waals surface area contributed by atoms with Gasteiger partial charge in [-0.05, 0) is 19.8 Å². The van der Waals surface area contributed by atoms with E-state index in [1.165, 1.54) is 0 Å². The van der Waals surface area contributed by atoms with E-state index >= 15 is 0 Å². The van der Waals surface area contributed by atoms with Crippen LogP contribution in [0, 0.1) is 0 Å². The largest absolute Gasteiger partial charge is 0.475 e. The Morgan fingerprint density at radius 1 is 1.56 bits per heavy atom. The number of carbonyl (C=O) groups excluding carboxylic acids is 1. The standard InChI is InChI=1S/C11H14N2O5/c1-11(3-2-4-17-6-11)12-9(14)7-5-8(10(15)16)18-13-7/h5H,2-4,6H2,1H3,(H,12,14)(H,15,16). The van der Waals surface area contributed by atoms with Gasteiger partial charge in [-0.1, -0.05) is 5.16 Å². The molecule has 7 heteroatoms. The molecule has 1 amide bonds. The topological polar surface area (TPSA) is 102 Å². The summed E-state index contributed by atoms with van der Waals surface area (Å²) in [7, 11) is 0. The molecule has 1 saturated heterocycles. The number of carboxylic acids is 1. The highest BCUT2D eigenvalue weighted by atomic mass is 16.5. The number of hydrogen-bond donors (Lipinski definition) is 2. The van der Waals surface area contributed by atoms with E-state index in [2.05, 4.69) is 15.0 Å². The van der Waals surface area contributed by atoms with Crippen LogP contribution in [0.15, 0.2) is 10.6 Å². The molecule has 7 nitrogen and oxygen atoms in total. The van der Waals surface area contributed by atoms with Crippen molar-refractivity contribution in [3.05, 3.63) is 17.5 Å². The van der Waals surface area contributed by atoms with Gasteiger partial charge < -0.3 is 19.7 Å². The van der Waals surface area contributed by atoms with Crippen LogP contribution >= 0.6 is 0 Å². The number of nitrogens with zero attached hydrogens (tertiary/aromatic N) is 1. The lowest BCUT2D eigenvalue weighted by Crippen LogP contribution is -2.51. The Morgan fingerprint density at radius 2 is 2.33 bits per heavy atom. The Hall–Kier alpha value is -1.89. The summed E-state index contributed by atoms with van der Waals surface area (Å²) in [6, 6.07) is 1.10. The third kappa shape index (κ3) is 2.67. The van der Waals surface area contributed by atoms with E-state index in [0.29, 0.717) is 13.2 Å². The van der Waals surface area contributed by atoms with Crippen molar-refractivity contribution in [3.63, 3.8) is 0 Å². The van der Waals surface area contributed by atoms with Crippen LogP contribution in [-0.4, -0.2) is 40.9 Å². The van der Waals surface area contributed by atoms with Gasteiger partial charge in [-0.25, -0.2) is 4.79 Å². The summed E-state index contributed by atoms with van der Waals surface area (Å²) in [5.41, 5.74) is -0.489. The lowest BCUT2D eigenvalue weighted by atomic mass is 9.95. The maximum Gasteiger partial charge on any atom is 0.374 e. The van der Waals surface area contributed by atoms with Crippen LogP contribution < -0.4 is 5.32 Å². The fraction of sp³-hybridized carbons (Fsp3) is 0.545. The van der Waals surface area contributed by atoms with E-state index in [0.717, 1.165) is 18.9 Å². The first-order chi connectivity index (χ1) is 8.50. The Morgan fingerprint density at radius 3 is 2.89 bits per heavy atom. The number of ether oxygens (including phenoxy) is 1. The minimum atomic E-state index is -1.26. The van der Waals surface area contributed by atoms with Crippen LogP contribution in [0.5, 0.6) is 0 Å². The van der Waals surface area contributed by atoms with Gasteiger partial charge in [0, 0.05) is 12.7 Å². The van der Waals surface area contributed by atoms with E-state index in [4.69, 9.17) is 9.84 Å². The zero-order valence-electron chi connectivity index (χ0n) is 9.93. The summed E-state index contributed by atoms with van der Waals surface area (Å²) >= 11 is 0. The highest BCUT2D eigenvalue weighted by Crippen LogP contribution is 2.19. The number of nitrogens with one attached hydrogen (secondary N) is 1. The van der Waals surface area contributed by atoms with Crippen LogP contribution in [0.3, 0.4) is 0 Å². The van der Waals surface area contributed by atoms with Crippen molar-refractivity contribution in [2.45, 2.75) is 25.3 Å². The fourth-order valence-electron chi connectivity index (χ4n) is 1.85. The minimum Gasteiger partial charge on any atom is -0.475 e. The Kier molecular flexibility index (Phi) is 3.33. The van der Waals surface area contributed by atoms with Gasteiger partial charge in [-0.2, -0.15) is 0 Å². The number of hydrogen-bond acceptors (Lipinski definition) is 5. The van der Waals surface area contributed by atoms with Gasteiger partial charge in [0.05, 0.1) is 12.1 Å². The molecule has 1 aromatic heterocycles. The summed E-state index contributed by atoms with van der Waals surface area (Å²) in [4.78, 5) is 22.5. The van der Waals surface area contributed by atoms with E-state index in [1.807, 2.05) is 6.92 Å². The van der Waals surface area contributed by atoms with Gasteiger partial charge in [0.1, 0.15) is 0 Å². The molecule has 2 rings (SSSR count). The summed E-state index contributed by atoms with van der Waals surface area (Å²) in [5.74, 6) is -2.07. The fourth-order valence-corrected chi connectivity index (χ4v) is 1.85. The Bertz CT molecular complexity index is 462. The monoisotopic (exact) mass is 254 g/mol. The second-order valence-corrected chi connectivity index (χ2v) is 4.55. The van der Waals surface area contributed by atoms with Crippen molar-refractivity contribution >= 4 is 11.9 Å². The first-order valence-corrected chi connectivity index (χ1v) is 5.60. The van der Waals surface area contributed by atoms with Gasteiger partial charge in [-0.15, -0.1) is 0 Å². The van der Waals surface area contributed by atoms with Crippen LogP contribution in [0.1, 0.15) is 40.8 Å². The van der Waals surface area contributed by atoms with Crippen molar-refractivity contribution in [3.8, 4) is 0 Å². The number of rotatable bonds is 3. The third-order valence-corrected chi connectivity index (χ3v) is 2.81. The number of carbonyl (C=O) groups is 2. The second kappa shape index (κ2) is 4.77. The summed E-state index contributed by atoms with van der Waals surface area (Å²) in [5, 5.41) is 14.9. The molecule has 1 aromatic rings. The molecule has 18 heavy (non-hydrogen) atoms. The van der Waals surface area contributed by atoms with E-state index in [-0.39, 0.29) is 11.5 Å². The minimum absolute atomic E-state index is 0.0424. The maximum atomic E-state index is 11.9. The molecule has 1 atom stereocenters. The quantitative estimate of drug-likeness (QED) is 0.822. The van der Waals surface area contributed by atoms with Crippen LogP contribution in [0.4, 0.5) is 0 Å². The van der Waals surface area contributed by atoms with Gasteiger partial charge >= 0.3 is 5.97 Å². The van der Waals surface area contributed by atoms with Gasteiger partial charge in [0.2, 0.25) is 5.76 Å². The van der Waals surface area contributed by atoms with Gasteiger partial charge in [0.25, 0.3) is 5.91 Å². The molecule has 0 bridgehead atoms. The highest BCUT2D eigenvalue weighted by molar-refractivity contribution is 5.95. The van der Waals surface area contributed by atoms with Crippen molar-refractivity contribution < 1.29 is 24.0 Å². The predicted octanol–water partition coefficient (Wildman–Crippen LogP) is 0.672. The lowest BCUT2D eigenvalue weighted by molar-refractivity contribution is 0.0270. The number of amides is 1. The molecule has 0 spiro atoms. The SMILES string of the molecule is CC1(NC(=O)c2cc(C(=O)O)on2)CCCOC1. The molecule has 98 valence electrons. The smallest absolute Gasteiger partial charge is 0.374 e. The molecule has 0 saturated carbocycles. The summed E-state index contributed by atoms with van der Waals surface area (Å²) in [6.45, 7) is 3.00. The van der Waals surface area contributed by atoms with Gasteiger partial charge in [0.15, 0.2) is 5.69 Å². The molecule has 2 N–H and O–H groups in total. The predicted molar refractivity (Wildman–Crippen MR) is 59.4 cm³/mol. The lowest BCUT2D eigenvalue weighted by Gasteiger charge is -2.33. The molecule has 1 unspecified atom stereocenters. The normalized spacial score (nSPS) is 23.6. The first kappa shape index (κ1) is 12.6. The average Bonchev–Trinajstić information content (AvgIpc) is 2.78. The molecule has 2 heterocycles. The van der Waals surface area contributed by atoms with E-state index in [1.54, 1.807) is 0 Å². The molecular formula is C11H14N2O5. The van der Waals surface area contributed by atoms with Crippen LogP contribution in [0.2, 0.25) is 0 Å². The summed E-state index contributed by atoms with van der Waals surface area (Å²) in [6.07, 6.45) is 1.68. The zero-order valence-corrected chi connectivity index (χ0v) is 9.93. The first-order valence-electron chi connectivity index (χ1n) is 5.60. The second-order valence-electron chi connectivity index (χ2n) is 4.55. The average molecular weight is 254 g/mol. The molecule has 0 aromatic carbocycles. The van der Waals surface area contributed by atoms with Crippen molar-refractivity contribution in [2.24, 2.45) is 0 Å². The zero-order chi connectivity index (χ0) is 13.2. The molecular weight excluding hydrogens is 240 g/mol. The van der Waals surface area contributed by atoms with Crippen molar-refractivity contribution in [1.82, 2.24) is 10.5 Å². The molecule has 1 aliphatic rings. The van der Waals surface area contributed by atoms with E-state index in [9.17, 15) is 9.59 Å². The molecule has 0 aliphatic carbocycles. The molecule has 1 aliphatic heterocycles. The molecule has 1 fully saturated rings. The van der Waals surface area contributed by atoms with Crippen LogP contribution in [-0.2, 0) is 4.74 Å². The summed E-state index contributed by atoms with van der Waals surface area (Å²) < 4.78 is 9.84. The Balaban J connectivity index is 2.04.